The number of H-pyrrole nitrogens is 1. The van der Waals surface area contributed by atoms with Crippen molar-refractivity contribution in [3.8, 4) is 11.3 Å². The average molecular weight is 222 g/mol. The Bertz CT molecular complexity index is 717. The lowest BCUT2D eigenvalue weighted by molar-refractivity contribution is 1.26. The van der Waals surface area contributed by atoms with Crippen LogP contribution < -0.4 is 5.56 Å². The van der Waals surface area contributed by atoms with Crippen LogP contribution in [0, 0.1) is 0 Å². The third-order valence-corrected chi connectivity index (χ3v) is 2.69. The van der Waals surface area contributed by atoms with Gasteiger partial charge < -0.3 is 4.98 Å². The molecule has 0 spiro atoms. The zero-order valence-electron chi connectivity index (χ0n) is 9.05. The van der Waals surface area contributed by atoms with Crippen LogP contribution in [0.15, 0.2) is 59.5 Å². The van der Waals surface area contributed by atoms with Gasteiger partial charge >= 0.3 is 0 Å². The van der Waals surface area contributed by atoms with Gasteiger partial charge in [0, 0.05) is 11.7 Å². The van der Waals surface area contributed by atoms with E-state index in [1.54, 1.807) is 6.20 Å². The number of hydrogen-bond acceptors (Lipinski definition) is 2. The number of aromatic amines is 1. The fourth-order valence-electron chi connectivity index (χ4n) is 1.86. The molecule has 2 heterocycles. The van der Waals surface area contributed by atoms with Gasteiger partial charge in [0.15, 0.2) is 0 Å². The SMILES string of the molecule is O=c1[nH]c2ccccc2cc1-c1ccccn1. The molecule has 3 nitrogen and oxygen atoms in total. The van der Waals surface area contributed by atoms with E-state index in [9.17, 15) is 4.79 Å². The van der Waals surface area contributed by atoms with E-state index in [0.717, 1.165) is 10.9 Å². The van der Waals surface area contributed by atoms with Gasteiger partial charge in [-0.2, -0.15) is 0 Å². The van der Waals surface area contributed by atoms with Crippen molar-refractivity contribution in [2.45, 2.75) is 0 Å². The molecule has 3 rings (SSSR count). The molecule has 0 radical (unpaired) electrons. The molecule has 1 aromatic carbocycles. The lowest BCUT2D eigenvalue weighted by Crippen LogP contribution is -2.09. The van der Waals surface area contributed by atoms with Crippen LogP contribution in [0.3, 0.4) is 0 Å². The van der Waals surface area contributed by atoms with Gasteiger partial charge in [-0.05, 0) is 29.7 Å². The first kappa shape index (κ1) is 9.78. The summed E-state index contributed by atoms with van der Waals surface area (Å²) < 4.78 is 0. The molecule has 0 saturated heterocycles. The first-order valence-electron chi connectivity index (χ1n) is 5.38. The molecule has 0 saturated carbocycles. The molecular weight excluding hydrogens is 212 g/mol. The maximum Gasteiger partial charge on any atom is 0.257 e. The number of benzene rings is 1. The highest BCUT2D eigenvalue weighted by Crippen LogP contribution is 2.16. The quantitative estimate of drug-likeness (QED) is 0.687. The van der Waals surface area contributed by atoms with E-state index >= 15 is 0 Å². The highest BCUT2D eigenvalue weighted by molar-refractivity contribution is 5.82. The lowest BCUT2D eigenvalue weighted by Gasteiger charge is -2.02. The number of para-hydroxylation sites is 1. The Labute approximate surface area is 97.8 Å². The molecule has 17 heavy (non-hydrogen) atoms. The second-order valence-electron chi connectivity index (χ2n) is 3.81. The Hall–Kier alpha value is -2.42. The molecule has 0 amide bonds. The van der Waals surface area contributed by atoms with Crippen molar-refractivity contribution >= 4 is 10.9 Å². The van der Waals surface area contributed by atoms with E-state index in [-0.39, 0.29) is 5.56 Å². The molecule has 0 unspecified atom stereocenters. The number of nitrogens with zero attached hydrogens (tertiary/aromatic N) is 1. The third kappa shape index (κ3) is 1.72. The molecule has 0 fully saturated rings. The van der Waals surface area contributed by atoms with Gasteiger partial charge in [0.05, 0.1) is 11.3 Å². The fourth-order valence-corrected chi connectivity index (χ4v) is 1.86. The van der Waals surface area contributed by atoms with Crippen LogP contribution in [0.2, 0.25) is 0 Å². The summed E-state index contributed by atoms with van der Waals surface area (Å²) in [6.07, 6.45) is 1.68. The molecule has 82 valence electrons. The normalized spacial score (nSPS) is 10.6. The molecule has 0 aliphatic heterocycles. The number of aromatic nitrogens is 2. The molecule has 0 atom stereocenters. The van der Waals surface area contributed by atoms with Crippen molar-refractivity contribution in [3.05, 3.63) is 65.1 Å². The number of hydrogen-bond donors (Lipinski definition) is 1. The van der Waals surface area contributed by atoms with Gasteiger partial charge in [0.2, 0.25) is 0 Å². The smallest absolute Gasteiger partial charge is 0.257 e. The minimum atomic E-state index is -0.109. The Balaban J connectivity index is 2.31. The summed E-state index contributed by atoms with van der Waals surface area (Å²) in [5.41, 5.74) is 2.03. The number of pyridine rings is 2. The summed E-state index contributed by atoms with van der Waals surface area (Å²) in [4.78, 5) is 19.0. The van der Waals surface area contributed by atoms with E-state index < -0.39 is 0 Å². The van der Waals surface area contributed by atoms with Crippen molar-refractivity contribution in [3.63, 3.8) is 0 Å². The molecule has 0 aliphatic carbocycles. The van der Waals surface area contributed by atoms with Crippen LogP contribution >= 0.6 is 0 Å². The van der Waals surface area contributed by atoms with Crippen LogP contribution in [0.5, 0.6) is 0 Å². The molecule has 0 aliphatic rings. The van der Waals surface area contributed by atoms with E-state index in [4.69, 9.17) is 0 Å². The Morgan fingerprint density at radius 2 is 1.82 bits per heavy atom. The third-order valence-electron chi connectivity index (χ3n) is 2.69. The number of fused-ring (bicyclic) bond motifs is 1. The second-order valence-corrected chi connectivity index (χ2v) is 3.81. The van der Waals surface area contributed by atoms with Crippen molar-refractivity contribution in [2.75, 3.05) is 0 Å². The Kier molecular flexibility index (Phi) is 2.22. The van der Waals surface area contributed by atoms with Crippen molar-refractivity contribution in [1.82, 2.24) is 9.97 Å². The first-order valence-corrected chi connectivity index (χ1v) is 5.38. The van der Waals surface area contributed by atoms with Crippen LogP contribution in [0.4, 0.5) is 0 Å². The Morgan fingerprint density at radius 1 is 1.00 bits per heavy atom. The summed E-state index contributed by atoms with van der Waals surface area (Å²) in [7, 11) is 0. The summed E-state index contributed by atoms with van der Waals surface area (Å²) in [6, 6.07) is 15.1. The van der Waals surface area contributed by atoms with Crippen molar-refractivity contribution in [2.24, 2.45) is 0 Å². The molecular formula is C14H10N2O. The van der Waals surface area contributed by atoms with Crippen molar-refractivity contribution < 1.29 is 0 Å². The van der Waals surface area contributed by atoms with Gasteiger partial charge in [-0.3, -0.25) is 9.78 Å². The standard InChI is InChI=1S/C14H10N2O/c17-14-11(13-7-3-4-8-15-13)9-10-5-1-2-6-12(10)16-14/h1-9H,(H,16,17). The fraction of sp³-hybridized carbons (Fsp3) is 0. The predicted molar refractivity (Wildman–Crippen MR) is 67.8 cm³/mol. The van der Waals surface area contributed by atoms with E-state index in [2.05, 4.69) is 9.97 Å². The van der Waals surface area contributed by atoms with Gasteiger partial charge in [0.25, 0.3) is 5.56 Å². The zero-order chi connectivity index (χ0) is 11.7. The van der Waals surface area contributed by atoms with Crippen molar-refractivity contribution in [1.29, 1.82) is 0 Å². The zero-order valence-corrected chi connectivity index (χ0v) is 9.05. The predicted octanol–water partition coefficient (Wildman–Crippen LogP) is 2.59. The Morgan fingerprint density at radius 3 is 2.65 bits per heavy atom. The largest absolute Gasteiger partial charge is 0.321 e. The summed E-state index contributed by atoms with van der Waals surface area (Å²) >= 11 is 0. The van der Waals surface area contributed by atoms with Crippen LogP contribution in [0.1, 0.15) is 0 Å². The minimum Gasteiger partial charge on any atom is -0.321 e. The second kappa shape index (κ2) is 3.87. The van der Waals surface area contributed by atoms with Gasteiger partial charge in [-0.1, -0.05) is 24.3 Å². The lowest BCUT2D eigenvalue weighted by atomic mass is 10.1. The number of rotatable bonds is 1. The topological polar surface area (TPSA) is 45.8 Å². The minimum absolute atomic E-state index is 0.109. The molecule has 1 N–H and O–H groups in total. The molecule has 0 bridgehead atoms. The maximum atomic E-state index is 11.9. The summed E-state index contributed by atoms with van der Waals surface area (Å²) in [5.74, 6) is 0. The van der Waals surface area contributed by atoms with E-state index in [1.165, 1.54) is 0 Å². The molecule has 3 heteroatoms. The van der Waals surface area contributed by atoms with Crippen LogP contribution in [0.25, 0.3) is 22.2 Å². The number of nitrogens with one attached hydrogen (secondary N) is 1. The van der Waals surface area contributed by atoms with Gasteiger partial charge in [-0.15, -0.1) is 0 Å². The summed E-state index contributed by atoms with van der Waals surface area (Å²) in [5, 5.41) is 1.01. The molecule has 3 aromatic rings. The highest BCUT2D eigenvalue weighted by Gasteiger charge is 2.05. The monoisotopic (exact) mass is 222 g/mol. The van der Waals surface area contributed by atoms with Crippen LogP contribution in [-0.4, -0.2) is 9.97 Å². The van der Waals surface area contributed by atoms with E-state index in [0.29, 0.717) is 11.3 Å². The first-order chi connectivity index (χ1) is 8.34. The van der Waals surface area contributed by atoms with E-state index in [1.807, 2.05) is 48.5 Å². The molecule has 2 aromatic heterocycles. The summed E-state index contributed by atoms with van der Waals surface area (Å²) in [6.45, 7) is 0. The van der Waals surface area contributed by atoms with Crippen LogP contribution in [-0.2, 0) is 0 Å². The maximum absolute atomic E-state index is 11.9. The highest BCUT2D eigenvalue weighted by atomic mass is 16.1. The average Bonchev–Trinajstić information content (AvgIpc) is 2.39. The van der Waals surface area contributed by atoms with Gasteiger partial charge in [-0.25, -0.2) is 0 Å². The van der Waals surface area contributed by atoms with Gasteiger partial charge in [0.1, 0.15) is 0 Å².